The fraction of sp³-hybridized carbons (Fsp3) is 0.924. The van der Waals surface area contributed by atoms with E-state index in [1.165, 1.54) is 238 Å². The molecule has 456 valence electrons. The molecule has 1 heterocycles. The van der Waals surface area contributed by atoms with Crippen molar-refractivity contribution in [3.05, 3.63) is 24.3 Å². The van der Waals surface area contributed by atoms with Gasteiger partial charge in [-0.15, -0.1) is 0 Å². The first-order valence-electron chi connectivity index (χ1n) is 33.2. The summed E-state index contributed by atoms with van der Waals surface area (Å²) in [5.74, 6) is -0.705. The number of aliphatic hydroxyl groups is 7. The van der Waals surface area contributed by atoms with Crippen LogP contribution in [-0.4, -0.2) is 110 Å². The molecule has 11 nitrogen and oxygen atoms in total. The molecule has 9 unspecified atom stereocenters. The SMILES string of the molecule is CCCCCCCCCCCCCC/C=C\CCCCCCCCCC(O)C(=O)NC(COC1OC(CO)C(O)C(O)C1O)C(O)C(O)CCC/C=C/CCCCCCCCCCCCCCCCCCCCCCCC. The Balaban J connectivity index is 2.25. The third kappa shape index (κ3) is 43.0. The molecule has 1 rings (SSSR count). The molecular formula is C66H127NO10. The number of rotatable bonds is 58. The molecule has 1 aliphatic rings. The summed E-state index contributed by atoms with van der Waals surface area (Å²) in [5.41, 5.74) is 0. The second-order valence-electron chi connectivity index (χ2n) is 23.5. The minimum absolute atomic E-state index is 0.251. The van der Waals surface area contributed by atoms with Crippen molar-refractivity contribution < 1.29 is 50.0 Å². The average Bonchev–Trinajstić information content (AvgIpc) is 3.43. The molecule has 0 bridgehead atoms. The second kappa shape index (κ2) is 55.1. The summed E-state index contributed by atoms with van der Waals surface area (Å²) in [5, 5.41) is 76.4. The first kappa shape index (κ1) is 73.6. The van der Waals surface area contributed by atoms with Crippen LogP contribution in [-0.2, 0) is 14.3 Å². The number of hydrogen-bond acceptors (Lipinski definition) is 10. The topological polar surface area (TPSA) is 189 Å². The van der Waals surface area contributed by atoms with E-state index in [1.807, 2.05) is 0 Å². The van der Waals surface area contributed by atoms with Crippen LogP contribution in [0.4, 0.5) is 0 Å². The third-order valence-electron chi connectivity index (χ3n) is 16.2. The largest absolute Gasteiger partial charge is 0.394 e. The summed E-state index contributed by atoms with van der Waals surface area (Å²) in [7, 11) is 0. The first-order valence-corrected chi connectivity index (χ1v) is 33.2. The predicted octanol–water partition coefficient (Wildman–Crippen LogP) is 15.2. The summed E-state index contributed by atoms with van der Waals surface area (Å²) in [6.07, 6.45) is 56.8. The maximum atomic E-state index is 13.2. The van der Waals surface area contributed by atoms with Gasteiger partial charge in [0.15, 0.2) is 6.29 Å². The number of carbonyl (C=O) groups is 1. The molecule has 0 spiro atoms. The third-order valence-corrected chi connectivity index (χ3v) is 16.2. The van der Waals surface area contributed by atoms with Gasteiger partial charge in [-0.05, 0) is 64.2 Å². The Morgan fingerprint density at radius 1 is 0.442 bits per heavy atom. The van der Waals surface area contributed by atoms with Gasteiger partial charge in [0.2, 0.25) is 5.91 Å². The predicted molar refractivity (Wildman–Crippen MR) is 321 cm³/mol. The molecule has 8 N–H and O–H groups in total. The minimum Gasteiger partial charge on any atom is -0.394 e. The number of hydrogen-bond donors (Lipinski definition) is 8. The van der Waals surface area contributed by atoms with Crippen LogP contribution in [0.2, 0.25) is 0 Å². The number of aliphatic hydroxyl groups excluding tert-OH is 7. The van der Waals surface area contributed by atoms with Gasteiger partial charge in [-0.1, -0.05) is 282 Å². The number of unbranched alkanes of at least 4 members (excludes halogenated alkanes) is 42. The van der Waals surface area contributed by atoms with E-state index in [0.29, 0.717) is 12.8 Å². The Kier molecular flexibility index (Phi) is 52.7. The lowest BCUT2D eigenvalue weighted by molar-refractivity contribution is -0.303. The zero-order valence-electron chi connectivity index (χ0n) is 50.2. The smallest absolute Gasteiger partial charge is 0.249 e. The monoisotopic (exact) mass is 1090 g/mol. The highest BCUT2D eigenvalue weighted by Gasteiger charge is 2.44. The van der Waals surface area contributed by atoms with E-state index in [2.05, 4.69) is 43.5 Å². The van der Waals surface area contributed by atoms with Gasteiger partial charge in [-0.3, -0.25) is 4.79 Å². The number of allylic oxidation sites excluding steroid dienone is 4. The Labute approximate surface area is 474 Å². The maximum absolute atomic E-state index is 13.2. The summed E-state index contributed by atoms with van der Waals surface area (Å²) in [6, 6.07) is -1.19. The molecule has 0 saturated carbocycles. The van der Waals surface area contributed by atoms with Gasteiger partial charge < -0.3 is 50.5 Å². The highest BCUT2D eigenvalue weighted by molar-refractivity contribution is 5.80. The zero-order valence-corrected chi connectivity index (χ0v) is 50.2. The number of amides is 1. The lowest BCUT2D eigenvalue weighted by Gasteiger charge is -2.40. The van der Waals surface area contributed by atoms with Crippen LogP contribution in [0.1, 0.15) is 322 Å². The van der Waals surface area contributed by atoms with Crippen molar-refractivity contribution in [2.75, 3.05) is 13.2 Å². The lowest BCUT2D eigenvalue weighted by Crippen LogP contribution is -2.60. The lowest BCUT2D eigenvalue weighted by atomic mass is 9.98. The molecular weight excluding hydrogens is 967 g/mol. The first-order chi connectivity index (χ1) is 37.7. The quantitative estimate of drug-likeness (QED) is 0.0215. The van der Waals surface area contributed by atoms with Gasteiger partial charge in [-0.2, -0.15) is 0 Å². The van der Waals surface area contributed by atoms with Crippen LogP contribution in [0.15, 0.2) is 24.3 Å². The number of ether oxygens (including phenoxy) is 2. The average molecular weight is 1090 g/mol. The van der Waals surface area contributed by atoms with Gasteiger partial charge in [0, 0.05) is 0 Å². The standard InChI is InChI=1S/C66H127NO10/c1-3-5-7-9-11-13-15-17-19-21-23-25-27-28-29-30-32-33-35-37-39-41-43-45-47-49-51-53-58(69)61(71)57(56-76-66-64(74)63(73)62(72)60(55-68)77-66)67-65(75)59(70)54-52-50-48-46-44-42-40-38-36-34-31-26-24-22-20-18-16-14-12-10-8-6-4-2/h34,36,45,47,57-64,66,68-74H,3-33,35,37-44,46,48-56H2,1-2H3,(H,67,75)/b36-34-,47-45+. The van der Waals surface area contributed by atoms with Crippen LogP contribution in [0.3, 0.4) is 0 Å². The van der Waals surface area contributed by atoms with E-state index >= 15 is 0 Å². The summed E-state index contributed by atoms with van der Waals surface area (Å²) >= 11 is 0. The van der Waals surface area contributed by atoms with Crippen LogP contribution in [0, 0.1) is 0 Å². The Bertz CT molecular complexity index is 1300. The van der Waals surface area contributed by atoms with Gasteiger partial charge in [0.25, 0.3) is 0 Å². The van der Waals surface area contributed by atoms with Crippen LogP contribution < -0.4 is 5.32 Å². The fourth-order valence-electron chi connectivity index (χ4n) is 10.9. The van der Waals surface area contributed by atoms with Crippen molar-refractivity contribution in [2.24, 2.45) is 0 Å². The van der Waals surface area contributed by atoms with E-state index in [4.69, 9.17) is 9.47 Å². The number of nitrogens with one attached hydrogen (secondary N) is 1. The van der Waals surface area contributed by atoms with Crippen molar-refractivity contribution in [3.63, 3.8) is 0 Å². The Hall–Kier alpha value is -1.41. The molecule has 0 aromatic heterocycles. The van der Waals surface area contributed by atoms with E-state index < -0.39 is 74.2 Å². The van der Waals surface area contributed by atoms with Crippen molar-refractivity contribution in [2.45, 2.75) is 377 Å². The zero-order chi connectivity index (χ0) is 56.1. The van der Waals surface area contributed by atoms with Crippen LogP contribution >= 0.6 is 0 Å². The molecule has 1 fully saturated rings. The second-order valence-corrected chi connectivity index (χ2v) is 23.5. The van der Waals surface area contributed by atoms with Crippen molar-refractivity contribution in [3.8, 4) is 0 Å². The molecule has 77 heavy (non-hydrogen) atoms. The van der Waals surface area contributed by atoms with E-state index in [1.54, 1.807) is 0 Å². The molecule has 11 heteroatoms. The van der Waals surface area contributed by atoms with Gasteiger partial charge in [0.05, 0.1) is 25.4 Å². The highest BCUT2D eigenvalue weighted by Crippen LogP contribution is 2.24. The molecule has 0 aliphatic carbocycles. The molecule has 1 aliphatic heterocycles. The normalized spacial score (nSPS) is 19.6. The molecule has 9 atom stereocenters. The highest BCUT2D eigenvalue weighted by atomic mass is 16.7. The van der Waals surface area contributed by atoms with E-state index in [0.717, 1.165) is 44.9 Å². The molecule has 1 amide bonds. The number of carbonyl (C=O) groups excluding carboxylic acids is 1. The molecule has 1 saturated heterocycles. The Morgan fingerprint density at radius 2 is 0.766 bits per heavy atom. The molecule has 0 aromatic rings. The van der Waals surface area contributed by atoms with E-state index in [9.17, 15) is 40.5 Å². The van der Waals surface area contributed by atoms with Crippen molar-refractivity contribution in [1.29, 1.82) is 0 Å². The van der Waals surface area contributed by atoms with Crippen LogP contribution in [0.5, 0.6) is 0 Å². The van der Waals surface area contributed by atoms with Gasteiger partial charge in [-0.25, -0.2) is 0 Å². The molecule has 0 aromatic carbocycles. The maximum Gasteiger partial charge on any atom is 0.249 e. The van der Waals surface area contributed by atoms with Crippen LogP contribution in [0.25, 0.3) is 0 Å². The summed E-state index contributed by atoms with van der Waals surface area (Å²) in [6.45, 7) is 3.49. The van der Waals surface area contributed by atoms with Gasteiger partial charge in [0.1, 0.15) is 36.6 Å². The van der Waals surface area contributed by atoms with E-state index in [-0.39, 0.29) is 12.8 Å². The fourth-order valence-corrected chi connectivity index (χ4v) is 10.9. The van der Waals surface area contributed by atoms with Crippen molar-refractivity contribution in [1.82, 2.24) is 5.32 Å². The van der Waals surface area contributed by atoms with Crippen molar-refractivity contribution >= 4 is 5.91 Å². The van der Waals surface area contributed by atoms with Gasteiger partial charge >= 0.3 is 0 Å². The summed E-state index contributed by atoms with van der Waals surface area (Å²) in [4.78, 5) is 13.2. The Morgan fingerprint density at radius 3 is 1.12 bits per heavy atom. The summed E-state index contributed by atoms with van der Waals surface area (Å²) < 4.78 is 11.2. The minimum atomic E-state index is -1.67. The molecule has 0 radical (unpaired) electrons.